The monoisotopic (exact) mass is 416 g/mol. The summed E-state index contributed by atoms with van der Waals surface area (Å²) in [5, 5.41) is 9.68. The summed E-state index contributed by atoms with van der Waals surface area (Å²) in [5.41, 5.74) is 2.46. The molecule has 3 N–H and O–H groups in total. The Bertz CT molecular complexity index is 843. The van der Waals surface area contributed by atoms with E-state index in [-0.39, 0.29) is 0 Å². The van der Waals surface area contributed by atoms with Gasteiger partial charge in [0.2, 0.25) is 11.9 Å². The highest BCUT2D eigenvalue weighted by molar-refractivity contribution is 7.80. The van der Waals surface area contributed by atoms with Gasteiger partial charge in [0.25, 0.3) is 0 Å². The van der Waals surface area contributed by atoms with Crippen LogP contribution in [0, 0.1) is 19.8 Å². The highest BCUT2D eigenvalue weighted by Crippen LogP contribution is 2.25. The number of benzene rings is 1. The van der Waals surface area contributed by atoms with Gasteiger partial charge in [-0.2, -0.15) is 0 Å². The molecule has 0 radical (unpaired) electrons. The van der Waals surface area contributed by atoms with Gasteiger partial charge in [-0.25, -0.2) is 9.97 Å². The Morgan fingerprint density at radius 1 is 1.00 bits per heavy atom. The molecule has 0 aliphatic heterocycles. The predicted octanol–water partition coefficient (Wildman–Crippen LogP) is 3.52. The van der Waals surface area contributed by atoms with Crippen molar-refractivity contribution in [2.45, 2.75) is 27.7 Å². The van der Waals surface area contributed by atoms with E-state index in [0.717, 1.165) is 17.1 Å². The lowest BCUT2D eigenvalue weighted by atomic mass is 10.2. The lowest BCUT2D eigenvalue weighted by Gasteiger charge is -2.15. The van der Waals surface area contributed by atoms with Crippen LogP contribution in [0.2, 0.25) is 0 Å². The first-order valence-electron chi connectivity index (χ1n) is 9.24. The highest BCUT2D eigenvalue weighted by atomic mass is 32.1. The van der Waals surface area contributed by atoms with Crippen LogP contribution in [-0.4, -0.2) is 41.8 Å². The summed E-state index contributed by atoms with van der Waals surface area (Å²) >= 11 is 5.45. The van der Waals surface area contributed by atoms with Crippen LogP contribution < -0.4 is 25.4 Å². The second kappa shape index (κ2) is 10.6. The second-order valence-electron chi connectivity index (χ2n) is 6.86. The van der Waals surface area contributed by atoms with Gasteiger partial charge < -0.3 is 20.1 Å². The Morgan fingerprint density at radius 2 is 1.59 bits per heavy atom. The van der Waals surface area contributed by atoms with Crippen molar-refractivity contribution in [3.8, 4) is 11.5 Å². The van der Waals surface area contributed by atoms with Crippen LogP contribution in [0.3, 0.4) is 0 Å². The third-order valence-corrected chi connectivity index (χ3v) is 3.87. The number of ether oxygens (including phenoxy) is 2. The zero-order valence-electron chi connectivity index (χ0n) is 17.7. The number of thiocarbonyl (C=S) groups is 1. The smallest absolute Gasteiger partial charge is 0.229 e. The fraction of sp³-hybridized carbons (Fsp3) is 0.400. The Balaban J connectivity index is 2.15. The van der Waals surface area contributed by atoms with Crippen molar-refractivity contribution in [3.05, 3.63) is 35.7 Å². The number of anilines is 2. The number of nitrogens with zero attached hydrogens (tertiary/aromatic N) is 3. The summed E-state index contributed by atoms with van der Waals surface area (Å²) in [7, 11) is 3.19. The fourth-order valence-corrected chi connectivity index (χ4v) is 2.64. The van der Waals surface area contributed by atoms with Crippen molar-refractivity contribution in [2.75, 3.05) is 31.4 Å². The number of aliphatic imine (C=N–C) groups is 1. The first kappa shape index (κ1) is 22.4. The molecule has 0 aliphatic rings. The molecule has 156 valence electrons. The quantitative estimate of drug-likeness (QED) is 0.374. The maximum absolute atomic E-state index is 5.45. The Labute approximate surface area is 177 Å². The van der Waals surface area contributed by atoms with E-state index in [2.05, 4.69) is 44.8 Å². The molecule has 0 amide bonds. The van der Waals surface area contributed by atoms with Crippen molar-refractivity contribution in [3.63, 3.8) is 0 Å². The second-order valence-corrected chi connectivity index (χ2v) is 7.27. The average Bonchev–Trinajstić information content (AvgIpc) is 2.64. The van der Waals surface area contributed by atoms with Crippen LogP contribution in [0.5, 0.6) is 11.5 Å². The fourth-order valence-electron chi connectivity index (χ4n) is 2.42. The zero-order chi connectivity index (χ0) is 21.4. The van der Waals surface area contributed by atoms with Crippen molar-refractivity contribution in [1.82, 2.24) is 15.3 Å². The maximum Gasteiger partial charge on any atom is 0.229 e. The summed E-state index contributed by atoms with van der Waals surface area (Å²) in [6.07, 6.45) is 0. The van der Waals surface area contributed by atoms with Crippen LogP contribution >= 0.6 is 12.2 Å². The van der Waals surface area contributed by atoms with Crippen molar-refractivity contribution in [2.24, 2.45) is 10.9 Å². The normalized spacial score (nSPS) is 11.2. The number of aryl methyl sites for hydroxylation is 2. The minimum atomic E-state index is 0.361. The van der Waals surface area contributed by atoms with Gasteiger partial charge in [0.1, 0.15) is 11.5 Å². The van der Waals surface area contributed by atoms with Gasteiger partial charge in [-0.1, -0.05) is 13.8 Å². The molecule has 0 atom stereocenters. The summed E-state index contributed by atoms with van der Waals surface area (Å²) < 4.78 is 10.6. The molecule has 1 aromatic heterocycles. The SMILES string of the molecule is COc1cc(NC(=S)NC(=NCC(C)C)Nc2nc(C)cc(C)n2)cc(OC)c1. The molecule has 0 saturated heterocycles. The van der Waals surface area contributed by atoms with E-state index in [4.69, 9.17) is 21.7 Å². The molecule has 8 nitrogen and oxygen atoms in total. The molecule has 1 aromatic carbocycles. The van der Waals surface area contributed by atoms with Crippen LogP contribution in [0.1, 0.15) is 25.2 Å². The van der Waals surface area contributed by atoms with E-state index < -0.39 is 0 Å². The molecule has 0 aliphatic carbocycles. The lowest BCUT2D eigenvalue weighted by molar-refractivity contribution is 0.395. The van der Waals surface area contributed by atoms with E-state index in [0.29, 0.717) is 41.0 Å². The van der Waals surface area contributed by atoms with Crippen LogP contribution in [0.25, 0.3) is 0 Å². The third kappa shape index (κ3) is 7.53. The topological polar surface area (TPSA) is 92.7 Å². The number of aromatic nitrogens is 2. The van der Waals surface area contributed by atoms with E-state index >= 15 is 0 Å². The third-order valence-electron chi connectivity index (χ3n) is 3.67. The molecule has 0 fully saturated rings. The van der Waals surface area contributed by atoms with Gasteiger partial charge in [-0.15, -0.1) is 0 Å². The van der Waals surface area contributed by atoms with E-state index in [1.165, 1.54) is 0 Å². The maximum atomic E-state index is 5.45. The lowest BCUT2D eigenvalue weighted by Crippen LogP contribution is -2.39. The highest BCUT2D eigenvalue weighted by Gasteiger charge is 2.09. The summed E-state index contributed by atoms with van der Waals surface area (Å²) in [6, 6.07) is 7.34. The van der Waals surface area contributed by atoms with Crippen molar-refractivity contribution >= 4 is 34.9 Å². The largest absolute Gasteiger partial charge is 0.497 e. The number of guanidine groups is 1. The summed E-state index contributed by atoms with van der Waals surface area (Å²) in [5.74, 6) is 2.63. The molecule has 0 saturated carbocycles. The number of rotatable bonds is 6. The van der Waals surface area contributed by atoms with E-state index in [1.54, 1.807) is 20.3 Å². The first-order chi connectivity index (χ1) is 13.8. The molecule has 0 bridgehead atoms. The first-order valence-corrected chi connectivity index (χ1v) is 9.64. The number of hydrogen-bond donors (Lipinski definition) is 3. The zero-order valence-corrected chi connectivity index (χ0v) is 18.5. The standard InChI is InChI=1S/C20H28N6O2S/c1-12(2)11-21-18(25-19-22-13(3)7-14(4)23-19)26-20(29)24-15-8-16(27-5)10-17(9-15)28-6/h7-10,12H,11H2,1-6H3,(H3,21,22,23,24,25,26,29). The molecule has 0 unspecified atom stereocenters. The molecule has 1 heterocycles. The van der Waals surface area contributed by atoms with Crippen LogP contribution in [0.15, 0.2) is 29.3 Å². The molecule has 2 rings (SSSR count). The molecule has 29 heavy (non-hydrogen) atoms. The molecular formula is C20H28N6O2S. The summed E-state index contributed by atoms with van der Waals surface area (Å²) in [6.45, 7) is 8.64. The van der Waals surface area contributed by atoms with E-state index in [9.17, 15) is 0 Å². The minimum Gasteiger partial charge on any atom is -0.497 e. The average molecular weight is 417 g/mol. The van der Waals surface area contributed by atoms with Gasteiger partial charge in [0, 0.05) is 41.8 Å². The van der Waals surface area contributed by atoms with Gasteiger partial charge in [0.05, 0.1) is 14.2 Å². The molecular weight excluding hydrogens is 388 g/mol. The number of methoxy groups -OCH3 is 2. The minimum absolute atomic E-state index is 0.361. The Hall–Kier alpha value is -2.94. The van der Waals surface area contributed by atoms with Crippen molar-refractivity contribution < 1.29 is 9.47 Å². The van der Waals surface area contributed by atoms with Crippen LogP contribution in [0.4, 0.5) is 11.6 Å². The van der Waals surface area contributed by atoms with Crippen LogP contribution in [-0.2, 0) is 0 Å². The number of hydrogen-bond acceptors (Lipinski definition) is 6. The van der Waals surface area contributed by atoms with E-state index in [1.807, 2.05) is 32.0 Å². The Morgan fingerprint density at radius 3 is 2.10 bits per heavy atom. The van der Waals surface area contributed by atoms with Gasteiger partial charge in [-0.3, -0.25) is 10.3 Å². The Kier molecular flexibility index (Phi) is 8.14. The molecule has 2 aromatic rings. The predicted molar refractivity (Wildman–Crippen MR) is 121 cm³/mol. The van der Waals surface area contributed by atoms with Crippen molar-refractivity contribution in [1.29, 1.82) is 0 Å². The van der Waals surface area contributed by atoms with Gasteiger partial charge >= 0.3 is 0 Å². The summed E-state index contributed by atoms with van der Waals surface area (Å²) in [4.78, 5) is 13.4. The molecule has 0 spiro atoms. The molecule has 9 heteroatoms. The van der Waals surface area contributed by atoms with Gasteiger partial charge in [0.15, 0.2) is 5.11 Å². The van der Waals surface area contributed by atoms with Gasteiger partial charge in [-0.05, 0) is 38.0 Å². The number of nitrogens with one attached hydrogen (secondary N) is 3.